The summed E-state index contributed by atoms with van der Waals surface area (Å²) in [6.07, 6.45) is -3.40. The van der Waals surface area contributed by atoms with Gasteiger partial charge in [0.1, 0.15) is 18.3 Å². The summed E-state index contributed by atoms with van der Waals surface area (Å²) in [5.74, 6) is 0. The molecule has 1 unspecified atom stereocenters. The lowest BCUT2D eigenvalue weighted by atomic mass is 10.00. The predicted octanol–water partition coefficient (Wildman–Crippen LogP) is -0.984. The van der Waals surface area contributed by atoms with Crippen LogP contribution in [-0.2, 0) is 9.47 Å². The largest absolute Gasteiger partial charge is 0.388 e. The van der Waals surface area contributed by atoms with Crippen molar-refractivity contribution >= 4 is 0 Å². The highest BCUT2D eigenvalue weighted by Gasteiger charge is 2.42. The fourth-order valence-electron chi connectivity index (χ4n) is 1.39. The van der Waals surface area contributed by atoms with Gasteiger partial charge in [-0.25, -0.2) is 0 Å². The maximum absolute atomic E-state index is 9.60. The lowest BCUT2D eigenvalue weighted by molar-refractivity contribution is -0.284. The van der Waals surface area contributed by atoms with Crippen LogP contribution in [-0.4, -0.2) is 52.6 Å². The van der Waals surface area contributed by atoms with Crippen molar-refractivity contribution in [3.05, 3.63) is 12.7 Å². The quantitative estimate of drug-likeness (QED) is 0.515. The maximum Gasteiger partial charge on any atom is 0.183 e. The Kier molecular flexibility index (Phi) is 4.03. The summed E-state index contributed by atoms with van der Waals surface area (Å²) in [6, 6.07) is 0. The molecule has 5 atom stereocenters. The van der Waals surface area contributed by atoms with E-state index in [4.69, 9.17) is 9.47 Å². The van der Waals surface area contributed by atoms with E-state index in [9.17, 15) is 15.3 Å². The van der Waals surface area contributed by atoms with Crippen molar-refractivity contribution in [3.63, 3.8) is 0 Å². The molecule has 1 heterocycles. The van der Waals surface area contributed by atoms with Crippen molar-refractivity contribution in [1.82, 2.24) is 0 Å². The molecule has 0 aromatic heterocycles. The minimum Gasteiger partial charge on any atom is -0.388 e. The van der Waals surface area contributed by atoms with Crippen LogP contribution in [0.4, 0.5) is 0 Å². The first-order valence-electron chi connectivity index (χ1n) is 4.50. The van der Waals surface area contributed by atoms with Gasteiger partial charge in [0.15, 0.2) is 6.29 Å². The molecule has 3 N–H and O–H groups in total. The summed E-state index contributed by atoms with van der Waals surface area (Å²) < 4.78 is 10.0. The summed E-state index contributed by atoms with van der Waals surface area (Å²) in [5, 5.41) is 28.3. The van der Waals surface area contributed by atoms with E-state index in [2.05, 4.69) is 6.58 Å². The van der Waals surface area contributed by atoms with E-state index in [0.29, 0.717) is 0 Å². The van der Waals surface area contributed by atoms with Crippen molar-refractivity contribution in [1.29, 1.82) is 0 Å². The Bertz CT molecular complexity index is 182. The summed E-state index contributed by atoms with van der Waals surface area (Å²) >= 11 is 0. The number of hydrogen-bond donors (Lipinski definition) is 3. The van der Waals surface area contributed by atoms with E-state index in [1.54, 1.807) is 6.92 Å². The van der Waals surface area contributed by atoms with Crippen LogP contribution in [0.5, 0.6) is 0 Å². The lowest BCUT2D eigenvalue weighted by Gasteiger charge is -2.39. The van der Waals surface area contributed by atoms with Crippen molar-refractivity contribution in [3.8, 4) is 0 Å². The summed E-state index contributed by atoms with van der Waals surface area (Å²) in [6.45, 7) is 5.26. The molecule has 0 aromatic rings. The van der Waals surface area contributed by atoms with Crippen molar-refractivity contribution < 1.29 is 24.8 Å². The van der Waals surface area contributed by atoms with Crippen molar-refractivity contribution in [2.45, 2.75) is 37.6 Å². The Morgan fingerprint density at radius 3 is 2.57 bits per heavy atom. The second kappa shape index (κ2) is 4.86. The lowest BCUT2D eigenvalue weighted by Crippen LogP contribution is -2.57. The number of ether oxygens (including phenoxy) is 2. The van der Waals surface area contributed by atoms with Gasteiger partial charge in [0.05, 0.1) is 12.7 Å². The minimum absolute atomic E-state index is 0.207. The Labute approximate surface area is 82.6 Å². The van der Waals surface area contributed by atoms with Crippen LogP contribution < -0.4 is 0 Å². The number of rotatable bonds is 3. The molecule has 5 nitrogen and oxygen atoms in total. The molecule has 82 valence electrons. The van der Waals surface area contributed by atoms with E-state index >= 15 is 0 Å². The molecular formula is C9H16O5. The van der Waals surface area contributed by atoms with Gasteiger partial charge < -0.3 is 24.8 Å². The molecule has 1 saturated heterocycles. The summed E-state index contributed by atoms with van der Waals surface area (Å²) in [5.41, 5.74) is 0. The summed E-state index contributed by atoms with van der Waals surface area (Å²) in [4.78, 5) is 0. The highest BCUT2D eigenvalue weighted by atomic mass is 16.6. The van der Waals surface area contributed by atoms with Crippen LogP contribution in [0.1, 0.15) is 6.92 Å². The zero-order valence-corrected chi connectivity index (χ0v) is 8.04. The third kappa shape index (κ3) is 2.31. The second-order valence-electron chi connectivity index (χ2n) is 3.30. The standard InChI is InChI=1S/C9H16O5/c1-3-4-13-8-6(10)5(2)14-9(12)7(8)11/h3,5-12H,1,4H2,2H3/t5-,6-,7+,8+,9?/m1/s1. The molecule has 0 amide bonds. The molecule has 0 aromatic carbocycles. The van der Waals surface area contributed by atoms with Gasteiger partial charge in [0, 0.05) is 0 Å². The van der Waals surface area contributed by atoms with Gasteiger partial charge in [-0.05, 0) is 6.92 Å². The summed E-state index contributed by atoms with van der Waals surface area (Å²) in [7, 11) is 0. The molecule has 1 aliphatic rings. The van der Waals surface area contributed by atoms with E-state index in [0.717, 1.165) is 0 Å². The molecular weight excluding hydrogens is 188 g/mol. The molecule has 1 rings (SSSR count). The predicted molar refractivity (Wildman–Crippen MR) is 48.5 cm³/mol. The molecule has 14 heavy (non-hydrogen) atoms. The van der Waals surface area contributed by atoms with Gasteiger partial charge >= 0.3 is 0 Å². The average molecular weight is 204 g/mol. The smallest absolute Gasteiger partial charge is 0.183 e. The first-order valence-corrected chi connectivity index (χ1v) is 4.50. The fraction of sp³-hybridized carbons (Fsp3) is 0.778. The third-order valence-corrected chi connectivity index (χ3v) is 2.21. The molecule has 5 heteroatoms. The van der Waals surface area contributed by atoms with Crippen LogP contribution in [0.25, 0.3) is 0 Å². The SMILES string of the molecule is C=CCO[C@H]1[C@H](O)[C@@H](C)OC(O)[C@H]1O. The van der Waals surface area contributed by atoms with Crippen LogP contribution >= 0.6 is 0 Å². The van der Waals surface area contributed by atoms with Crippen molar-refractivity contribution in [2.24, 2.45) is 0 Å². The number of aliphatic hydroxyl groups excluding tert-OH is 3. The zero-order valence-electron chi connectivity index (χ0n) is 8.04. The molecule has 0 bridgehead atoms. The minimum atomic E-state index is -1.32. The average Bonchev–Trinajstić information content (AvgIpc) is 2.15. The van der Waals surface area contributed by atoms with E-state index in [1.165, 1.54) is 6.08 Å². The molecule has 0 saturated carbocycles. The highest BCUT2D eigenvalue weighted by molar-refractivity contribution is 4.88. The van der Waals surface area contributed by atoms with Gasteiger partial charge in [0.25, 0.3) is 0 Å². The van der Waals surface area contributed by atoms with Gasteiger partial charge in [0.2, 0.25) is 0 Å². The highest BCUT2D eigenvalue weighted by Crippen LogP contribution is 2.21. The third-order valence-electron chi connectivity index (χ3n) is 2.21. The topological polar surface area (TPSA) is 79.2 Å². The van der Waals surface area contributed by atoms with E-state index in [1.807, 2.05) is 0 Å². The van der Waals surface area contributed by atoms with Crippen LogP contribution in [0, 0.1) is 0 Å². The van der Waals surface area contributed by atoms with Crippen LogP contribution in [0.3, 0.4) is 0 Å². The maximum atomic E-state index is 9.60. The van der Waals surface area contributed by atoms with Crippen LogP contribution in [0.15, 0.2) is 12.7 Å². The normalized spacial score (nSPS) is 43.6. The van der Waals surface area contributed by atoms with Crippen LogP contribution in [0.2, 0.25) is 0 Å². The second-order valence-corrected chi connectivity index (χ2v) is 3.30. The number of hydrogen-bond acceptors (Lipinski definition) is 5. The molecule has 0 radical (unpaired) electrons. The van der Waals surface area contributed by atoms with Gasteiger partial charge in [-0.15, -0.1) is 6.58 Å². The molecule has 0 aliphatic carbocycles. The Morgan fingerprint density at radius 2 is 2.00 bits per heavy atom. The first-order chi connectivity index (χ1) is 6.57. The van der Waals surface area contributed by atoms with E-state index in [-0.39, 0.29) is 6.61 Å². The van der Waals surface area contributed by atoms with Gasteiger partial charge in [-0.2, -0.15) is 0 Å². The first kappa shape index (κ1) is 11.6. The molecule has 1 aliphatic heterocycles. The zero-order chi connectivity index (χ0) is 10.7. The van der Waals surface area contributed by atoms with Gasteiger partial charge in [-0.1, -0.05) is 6.08 Å². The van der Waals surface area contributed by atoms with E-state index < -0.39 is 30.7 Å². The fourth-order valence-corrected chi connectivity index (χ4v) is 1.39. The number of aliphatic hydroxyl groups is 3. The monoisotopic (exact) mass is 204 g/mol. The van der Waals surface area contributed by atoms with Crippen molar-refractivity contribution in [2.75, 3.05) is 6.61 Å². The van der Waals surface area contributed by atoms with Gasteiger partial charge in [-0.3, -0.25) is 0 Å². The Morgan fingerprint density at radius 1 is 1.36 bits per heavy atom. The molecule has 0 spiro atoms. The molecule has 1 fully saturated rings. The Balaban J connectivity index is 2.61. The Hall–Kier alpha value is -0.460.